The first kappa shape index (κ1) is 17.7. The van der Waals surface area contributed by atoms with Gasteiger partial charge in [-0.25, -0.2) is 9.97 Å². The Morgan fingerprint density at radius 1 is 1.27 bits per heavy atom. The zero-order chi connectivity index (χ0) is 17.9. The molecule has 3 fully saturated rings. The lowest BCUT2D eigenvalue weighted by molar-refractivity contribution is -0.136. The summed E-state index contributed by atoms with van der Waals surface area (Å²) < 4.78 is 6.00. The predicted octanol–water partition coefficient (Wildman–Crippen LogP) is 1.09. The summed E-state index contributed by atoms with van der Waals surface area (Å²) in [6.45, 7) is 8.52. The molecule has 4 heterocycles. The molecular formula is C19H29N5O2. The highest BCUT2D eigenvalue weighted by Crippen LogP contribution is 2.35. The second kappa shape index (κ2) is 7.88. The third-order valence-corrected chi connectivity index (χ3v) is 6.22. The molecule has 0 saturated carbocycles. The number of aromatic nitrogens is 2. The highest BCUT2D eigenvalue weighted by molar-refractivity contribution is 5.79. The van der Waals surface area contributed by atoms with E-state index in [1.807, 2.05) is 6.07 Å². The average Bonchev–Trinajstić information content (AvgIpc) is 3.28. The van der Waals surface area contributed by atoms with Crippen molar-refractivity contribution in [3.8, 4) is 0 Å². The van der Waals surface area contributed by atoms with Crippen molar-refractivity contribution < 1.29 is 9.53 Å². The molecule has 7 heteroatoms. The van der Waals surface area contributed by atoms with E-state index in [-0.39, 0.29) is 12.0 Å². The number of hydrogen-bond acceptors (Lipinski definition) is 6. The van der Waals surface area contributed by atoms with Crippen molar-refractivity contribution >= 4 is 11.9 Å². The summed E-state index contributed by atoms with van der Waals surface area (Å²) in [5, 5.41) is 3.31. The van der Waals surface area contributed by atoms with Crippen LogP contribution in [0.2, 0.25) is 0 Å². The van der Waals surface area contributed by atoms with Gasteiger partial charge in [0.05, 0.1) is 12.7 Å². The molecule has 3 aliphatic heterocycles. The number of anilines is 1. The van der Waals surface area contributed by atoms with Crippen molar-refractivity contribution in [2.24, 2.45) is 17.8 Å². The lowest BCUT2D eigenvalue weighted by atomic mass is 9.93. The van der Waals surface area contributed by atoms with Crippen LogP contribution in [0, 0.1) is 17.8 Å². The van der Waals surface area contributed by atoms with Crippen LogP contribution >= 0.6 is 0 Å². The number of amides is 1. The molecule has 1 N–H and O–H groups in total. The third-order valence-electron chi connectivity index (χ3n) is 6.22. The summed E-state index contributed by atoms with van der Waals surface area (Å²) in [4.78, 5) is 25.8. The Hall–Kier alpha value is -1.73. The molecule has 7 nitrogen and oxygen atoms in total. The van der Waals surface area contributed by atoms with Gasteiger partial charge in [-0.3, -0.25) is 4.79 Å². The van der Waals surface area contributed by atoms with Crippen LogP contribution in [-0.2, 0) is 9.53 Å². The average molecular weight is 359 g/mol. The molecule has 0 aromatic carbocycles. The van der Waals surface area contributed by atoms with Crippen molar-refractivity contribution in [1.29, 1.82) is 0 Å². The number of fused-ring (bicyclic) bond motifs is 1. The van der Waals surface area contributed by atoms with Gasteiger partial charge < -0.3 is 19.9 Å². The summed E-state index contributed by atoms with van der Waals surface area (Å²) in [5.74, 6) is 2.03. The van der Waals surface area contributed by atoms with Crippen LogP contribution < -0.4 is 5.32 Å². The van der Waals surface area contributed by atoms with Gasteiger partial charge in [0.1, 0.15) is 0 Å². The zero-order valence-electron chi connectivity index (χ0n) is 15.5. The molecule has 26 heavy (non-hydrogen) atoms. The number of ether oxygens (including phenoxy) is 1. The first-order valence-corrected chi connectivity index (χ1v) is 9.88. The summed E-state index contributed by atoms with van der Waals surface area (Å²) in [5.41, 5.74) is 0. The smallest absolute Gasteiger partial charge is 0.225 e. The summed E-state index contributed by atoms with van der Waals surface area (Å²) in [7, 11) is 0. The van der Waals surface area contributed by atoms with E-state index in [0.29, 0.717) is 23.7 Å². The Balaban J connectivity index is 1.29. The molecule has 0 aliphatic carbocycles. The van der Waals surface area contributed by atoms with E-state index in [1.165, 1.54) is 0 Å². The first-order chi connectivity index (χ1) is 12.7. The Kier molecular flexibility index (Phi) is 5.36. The highest BCUT2D eigenvalue weighted by atomic mass is 16.5. The molecule has 0 spiro atoms. The van der Waals surface area contributed by atoms with E-state index in [4.69, 9.17) is 4.74 Å². The number of nitrogens with zero attached hydrogens (tertiary/aromatic N) is 4. The molecule has 3 saturated heterocycles. The molecule has 3 aliphatic rings. The number of carbonyl (C=O) groups is 1. The number of hydrogen-bond donors (Lipinski definition) is 1. The van der Waals surface area contributed by atoms with Crippen LogP contribution in [0.5, 0.6) is 0 Å². The molecule has 1 amide bonds. The van der Waals surface area contributed by atoms with E-state index in [2.05, 4.69) is 32.0 Å². The minimum absolute atomic E-state index is 0.193. The maximum absolute atomic E-state index is 12.9. The molecule has 1 aromatic heterocycles. The second-order valence-corrected chi connectivity index (χ2v) is 7.70. The maximum atomic E-state index is 12.9. The zero-order valence-corrected chi connectivity index (χ0v) is 15.5. The number of piperidine rings is 1. The van der Waals surface area contributed by atoms with E-state index in [0.717, 1.165) is 58.7 Å². The third kappa shape index (κ3) is 3.69. The van der Waals surface area contributed by atoms with Crippen molar-refractivity contribution in [2.75, 3.05) is 51.2 Å². The topological polar surface area (TPSA) is 70.6 Å². The fourth-order valence-electron chi connectivity index (χ4n) is 4.56. The predicted molar refractivity (Wildman–Crippen MR) is 98.7 cm³/mol. The Morgan fingerprint density at radius 3 is 2.77 bits per heavy atom. The Bertz CT molecular complexity index is 605. The fourth-order valence-corrected chi connectivity index (χ4v) is 4.56. The quantitative estimate of drug-likeness (QED) is 0.849. The largest absolute Gasteiger partial charge is 0.376 e. The van der Waals surface area contributed by atoms with E-state index < -0.39 is 0 Å². The standard InChI is InChI=1S/C19H29N5O2/c1-2-23-8-4-14(5-9-23)18(25)24-11-16-15(13-26-17(16)12-24)10-22-19-20-6-3-7-21-19/h3,6-7,14-17H,2,4-5,8-13H2,1H3,(H,20,21,22)/t15-,16+,17+/m1/s1. The minimum atomic E-state index is 0.193. The van der Waals surface area contributed by atoms with Gasteiger partial charge >= 0.3 is 0 Å². The number of rotatable bonds is 5. The summed E-state index contributed by atoms with van der Waals surface area (Å²) in [6.07, 6.45) is 5.66. The molecule has 0 unspecified atom stereocenters. The van der Waals surface area contributed by atoms with Gasteiger partial charge in [0.15, 0.2) is 0 Å². The molecular weight excluding hydrogens is 330 g/mol. The first-order valence-electron chi connectivity index (χ1n) is 9.88. The SMILES string of the molecule is CCN1CCC(C(=O)N2C[C@H]3[C@H](CNc4ncccn4)CO[C@H]3C2)CC1. The number of likely N-dealkylation sites (tertiary alicyclic amines) is 2. The highest BCUT2D eigenvalue weighted by Gasteiger charge is 2.46. The molecule has 142 valence electrons. The monoisotopic (exact) mass is 359 g/mol. The Labute approximate surface area is 155 Å². The van der Waals surface area contributed by atoms with Crippen molar-refractivity contribution in [2.45, 2.75) is 25.9 Å². The lowest BCUT2D eigenvalue weighted by Gasteiger charge is -2.32. The summed E-state index contributed by atoms with van der Waals surface area (Å²) in [6, 6.07) is 1.81. The van der Waals surface area contributed by atoms with Crippen molar-refractivity contribution in [3.63, 3.8) is 0 Å². The number of carbonyl (C=O) groups excluding carboxylic acids is 1. The normalized spacial score (nSPS) is 29.7. The van der Waals surface area contributed by atoms with E-state index in [9.17, 15) is 4.79 Å². The van der Waals surface area contributed by atoms with Crippen molar-refractivity contribution in [1.82, 2.24) is 19.8 Å². The fraction of sp³-hybridized carbons (Fsp3) is 0.737. The number of nitrogens with one attached hydrogen (secondary N) is 1. The van der Waals surface area contributed by atoms with E-state index in [1.54, 1.807) is 12.4 Å². The van der Waals surface area contributed by atoms with Crippen molar-refractivity contribution in [3.05, 3.63) is 18.5 Å². The van der Waals surface area contributed by atoms with Crippen LogP contribution in [0.4, 0.5) is 5.95 Å². The minimum Gasteiger partial charge on any atom is -0.376 e. The van der Waals surface area contributed by atoms with Gasteiger partial charge in [-0.15, -0.1) is 0 Å². The Morgan fingerprint density at radius 2 is 2.04 bits per heavy atom. The molecule has 0 bridgehead atoms. The molecule has 3 atom stereocenters. The van der Waals surface area contributed by atoms with Gasteiger partial charge in [-0.2, -0.15) is 0 Å². The van der Waals surface area contributed by atoms with Gasteiger partial charge in [0.2, 0.25) is 11.9 Å². The second-order valence-electron chi connectivity index (χ2n) is 7.70. The van der Waals surface area contributed by atoms with E-state index >= 15 is 0 Å². The molecule has 0 radical (unpaired) electrons. The van der Waals surface area contributed by atoms with Crippen LogP contribution in [-0.4, -0.2) is 77.7 Å². The van der Waals surface area contributed by atoms with Crippen LogP contribution in [0.25, 0.3) is 0 Å². The van der Waals surface area contributed by atoms with Crippen LogP contribution in [0.1, 0.15) is 19.8 Å². The summed E-state index contributed by atoms with van der Waals surface area (Å²) >= 11 is 0. The van der Waals surface area contributed by atoms with Crippen LogP contribution in [0.3, 0.4) is 0 Å². The molecule has 4 rings (SSSR count). The van der Waals surface area contributed by atoms with Gasteiger partial charge in [0.25, 0.3) is 0 Å². The lowest BCUT2D eigenvalue weighted by Crippen LogP contribution is -2.42. The van der Waals surface area contributed by atoms with Gasteiger partial charge in [0, 0.05) is 49.8 Å². The van der Waals surface area contributed by atoms with Gasteiger partial charge in [-0.1, -0.05) is 6.92 Å². The maximum Gasteiger partial charge on any atom is 0.225 e. The molecule has 1 aromatic rings. The van der Waals surface area contributed by atoms with Gasteiger partial charge in [-0.05, 0) is 38.5 Å². The van der Waals surface area contributed by atoms with Crippen LogP contribution in [0.15, 0.2) is 18.5 Å².